The number of hydrogen-bond donors (Lipinski definition) is 1. The first-order valence-corrected chi connectivity index (χ1v) is 6.18. The van der Waals surface area contributed by atoms with E-state index in [0.29, 0.717) is 6.29 Å². The lowest BCUT2D eigenvalue weighted by Crippen LogP contribution is -2.39. The Kier molecular flexibility index (Phi) is 4.88. The largest absolute Gasteiger partial charge is 0.445 e. The summed E-state index contributed by atoms with van der Waals surface area (Å²) in [4.78, 5) is 22.5. The van der Waals surface area contributed by atoms with Gasteiger partial charge in [-0.2, -0.15) is 5.10 Å². The van der Waals surface area contributed by atoms with Crippen LogP contribution in [0.25, 0.3) is 0 Å². The second-order valence-corrected chi connectivity index (χ2v) is 4.18. The molecule has 1 aromatic heterocycles. The monoisotopic (exact) mass is 273 g/mol. The highest BCUT2D eigenvalue weighted by Crippen LogP contribution is 2.00. The average Bonchev–Trinajstić information content (AvgIpc) is 2.98. The van der Waals surface area contributed by atoms with Gasteiger partial charge in [0.05, 0.1) is 6.54 Å². The van der Waals surface area contributed by atoms with Gasteiger partial charge in [0.2, 0.25) is 0 Å². The predicted octanol–water partition coefficient (Wildman–Crippen LogP) is 1.38. The zero-order valence-corrected chi connectivity index (χ0v) is 10.8. The lowest BCUT2D eigenvalue weighted by molar-refractivity contribution is -0.109. The van der Waals surface area contributed by atoms with Crippen LogP contribution in [0.1, 0.15) is 5.56 Å². The Hall–Kier alpha value is -2.63. The molecule has 6 heteroatoms. The van der Waals surface area contributed by atoms with Crippen LogP contribution >= 0.6 is 0 Å². The SMILES string of the molecule is O=C[C@H](Cn1cccn1)NC(=O)OCc1ccccc1. The minimum atomic E-state index is -0.668. The first-order chi connectivity index (χ1) is 9.78. The van der Waals surface area contributed by atoms with Crippen molar-refractivity contribution < 1.29 is 14.3 Å². The topological polar surface area (TPSA) is 73.2 Å². The van der Waals surface area contributed by atoms with E-state index in [2.05, 4.69) is 10.4 Å². The van der Waals surface area contributed by atoms with Crippen LogP contribution in [0.15, 0.2) is 48.8 Å². The van der Waals surface area contributed by atoms with E-state index in [1.54, 1.807) is 23.1 Å². The molecule has 0 saturated heterocycles. The molecule has 6 nitrogen and oxygen atoms in total. The van der Waals surface area contributed by atoms with Crippen molar-refractivity contribution in [2.75, 3.05) is 0 Å². The molecule has 0 bridgehead atoms. The fraction of sp³-hybridized carbons (Fsp3) is 0.214. The zero-order chi connectivity index (χ0) is 14.2. The maximum Gasteiger partial charge on any atom is 0.408 e. The number of alkyl carbamates (subject to hydrolysis) is 1. The molecule has 0 aliphatic rings. The summed E-state index contributed by atoms with van der Waals surface area (Å²) in [6.07, 6.45) is 3.35. The van der Waals surface area contributed by atoms with Gasteiger partial charge in [-0.05, 0) is 11.6 Å². The molecule has 1 heterocycles. The summed E-state index contributed by atoms with van der Waals surface area (Å²) in [7, 11) is 0. The van der Waals surface area contributed by atoms with Crippen molar-refractivity contribution >= 4 is 12.4 Å². The molecule has 0 spiro atoms. The van der Waals surface area contributed by atoms with Gasteiger partial charge in [0.1, 0.15) is 18.9 Å². The van der Waals surface area contributed by atoms with Crippen LogP contribution in [0.4, 0.5) is 4.79 Å². The van der Waals surface area contributed by atoms with E-state index >= 15 is 0 Å². The van der Waals surface area contributed by atoms with Crippen LogP contribution in [-0.2, 0) is 22.7 Å². The summed E-state index contributed by atoms with van der Waals surface area (Å²) in [5.41, 5.74) is 0.886. The highest BCUT2D eigenvalue weighted by atomic mass is 16.5. The molecule has 2 rings (SSSR count). The van der Waals surface area contributed by atoms with Crippen molar-refractivity contribution in [2.24, 2.45) is 0 Å². The minimum Gasteiger partial charge on any atom is -0.445 e. The maximum atomic E-state index is 11.6. The summed E-state index contributed by atoms with van der Waals surface area (Å²) in [5, 5.41) is 6.46. The lowest BCUT2D eigenvalue weighted by atomic mass is 10.2. The number of carbonyl (C=O) groups excluding carboxylic acids is 2. The normalized spacial score (nSPS) is 11.6. The first kappa shape index (κ1) is 13.8. The number of ether oxygens (including phenoxy) is 1. The summed E-state index contributed by atoms with van der Waals surface area (Å²) in [6.45, 7) is 0.441. The molecule has 1 amide bonds. The summed E-state index contributed by atoms with van der Waals surface area (Å²) < 4.78 is 6.61. The molecule has 1 aromatic carbocycles. The predicted molar refractivity (Wildman–Crippen MR) is 71.8 cm³/mol. The number of carbonyl (C=O) groups is 2. The third kappa shape index (κ3) is 4.24. The van der Waals surface area contributed by atoms with Crippen molar-refractivity contribution in [3.63, 3.8) is 0 Å². The zero-order valence-electron chi connectivity index (χ0n) is 10.8. The molecule has 0 radical (unpaired) electrons. The van der Waals surface area contributed by atoms with E-state index in [4.69, 9.17) is 4.74 Å². The van der Waals surface area contributed by atoms with Gasteiger partial charge in [0, 0.05) is 12.4 Å². The number of nitrogens with one attached hydrogen (secondary N) is 1. The molecule has 104 valence electrons. The third-order valence-electron chi connectivity index (χ3n) is 2.62. The molecule has 0 fully saturated rings. The Balaban J connectivity index is 1.79. The minimum absolute atomic E-state index is 0.167. The van der Waals surface area contributed by atoms with Crippen LogP contribution in [0.5, 0.6) is 0 Å². The number of benzene rings is 1. The van der Waals surface area contributed by atoms with Gasteiger partial charge in [0.15, 0.2) is 0 Å². The van der Waals surface area contributed by atoms with Crippen LogP contribution < -0.4 is 5.32 Å². The number of amides is 1. The van der Waals surface area contributed by atoms with Gasteiger partial charge in [0.25, 0.3) is 0 Å². The Morgan fingerprint density at radius 2 is 2.15 bits per heavy atom. The van der Waals surface area contributed by atoms with Crippen molar-refractivity contribution in [3.05, 3.63) is 54.4 Å². The van der Waals surface area contributed by atoms with Gasteiger partial charge in [-0.1, -0.05) is 30.3 Å². The van der Waals surface area contributed by atoms with E-state index in [0.717, 1.165) is 5.56 Å². The quantitative estimate of drug-likeness (QED) is 0.807. The van der Waals surface area contributed by atoms with E-state index in [9.17, 15) is 9.59 Å². The molecule has 1 N–H and O–H groups in total. The van der Waals surface area contributed by atoms with Gasteiger partial charge in [-0.25, -0.2) is 4.79 Å². The van der Waals surface area contributed by atoms with Gasteiger partial charge >= 0.3 is 6.09 Å². The first-order valence-electron chi connectivity index (χ1n) is 6.18. The number of nitrogens with zero attached hydrogens (tertiary/aromatic N) is 2. The Labute approximate surface area is 116 Å². The smallest absolute Gasteiger partial charge is 0.408 e. The maximum absolute atomic E-state index is 11.6. The molecule has 1 atom stereocenters. The Morgan fingerprint density at radius 1 is 1.35 bits per heavy atom. The Morgan fingerprint density at radius 3 is 2.80 bits per heavy atom. The highest BCUT2D eigenvalue weighted by molar-refractivity contribution is 5.72. The van der Waals surface area contributed by atoms with Crippen LogP contribution in [0.2, 0.25) is 0 Å². The van der Waals surface area contributed by atoms with Gasteiger partial charge < -0.3 is 14.8 Å². The third-order valence-corrected chi connectivity index (χ3v) is 2.62. The molecule has 0 saturated carbocycles. The van der Waals surface area contributed by atoms with Crippen molar-refractivity contribution in [2.45, 2.75) is 19.2 Å². The fourth-order valence-corrected chi connectivity index (χ4v) is 1.65. The summed E-state index contributed by atoms with van der Waals surface area (Å²) in [5.74, 6) is 0. The van der Waals surface area contributed by atoms with Gasteiger partial charge in [-0.3, -0.25) is 4.68 Å². The lowest BCUT2D eigenvalue weighted by Gasteiger charge is -2.13. The molecule has 2 aromatic rings. The van der Waals surface area contributed by atoms with E-state index < -0.39 is 12.1 Å². The Bertz CT molecular complexity index is 540. The molecule has 0 aliphatic heterocycles. The number of rotatable bonds is 6. The number of aromatic nitrogens is 2. The standard InChI is InChI=1S/C14H15N3O3/c18-10-13(9-17-8-4-7-15-17)16-14(19)20-11-12-5-2-1-3-6-12/h1-8,10,13H,9,11H2,(H,16,19)/t13-/m0/s1. The van der Waals surface area contributed by atoms with E-state index in [1.807, 2.05) is 30.3 Å². The number of hydrogen-bond acceptors (Lipinski definition) is 4. The van der Waals surface area contributed by atoms with Crippen LogP contribution in [-0.4, -0.2) is 28.2 Å². The van der Waals surface area contributed by atoms with E-state index in [-0.39, 0.29) is 13.2 Å². The van der Waals surface area contributed by atoms with Crippen molar-refractivity contribution in [3.8, 4) is 0 Å². The van der Waals surface area contributed by atoms with Crippen LogP contribution in [0, 0.1) is 0 Å². The molecule has 0 unspecified atom stereocenters. The summed E-state index contributed by atoms with van der Waals surface area (Å²) >= 11 is 0. The molecular formula is C14H15N3O3. The molecule has 0 aliphatic carbocycles. The van der Waals surface area contributed by atoms with Crippen LogP contribution in [0.3, 0.4) is 0 Å². The number of aldehydes is 1. The molecular weight excluding hydrogens is 258 g/mol. The van der Waals surface area contributed by atoms with E-state index in [1.165, 1.54) is 0 Å². The highest BCUT2D eigenvalue weighted by Gasteiger charge is 2.13. The second kappa shape index (κ2) is 7.08. The molecule has 20 heavy (non-hydrogen) atoms. The summed E-state index contributed by atoms with van der Waals surface area (Å²) in [6, 6.07) is 10.4. The van der Waals surface area contributed by atoms with Gasteiger partial charge in [-0.15, -0.1) is 0 Å². The van der Waals surface area contributed by atoms with Crippen molar-refractivity contribution in [1.82, 2.24) is 15.1 Å². The fourth-order valence-electron chi connectivity index (χ4n) is 1.65. The average molecular weight is 273 g/mol. The second-order valence-electron chi connectivity index (χ2n) is 4.18. The van der Waals surface area contributed by atoms with Crippen molar-refractivity contribution in [1.29, 1.82) is 0 Å².